The van der Waals surface area contributed by atoms with Gasteiger partial charge in [0.15, 0.2) is 0 Å². The number of hydrogen-bond donors (Lipinski definition) is 1. The van der Waals surface area contributed by atoms with Gasteiger partial charge in [0.25, 0.3) is 0 Å². The van der Waals surface area contributed by atoms with Gasteiger partial charge in [0, 0.05) is 27.2 Å². The van der Waals surface area contributed by atoms with Gasteiger partial charge >= 0.3 is 0 Å². The van der Waals surface area contributed by atoms with Gasteiger partial charge in [-0.15, -0.1) is 0 Å². The van der Waals surface area contributed by atoms with Crippen molar-refractivity contribution < 1.29 is 4.79 Å². The number of amides is 1. The maximum atomic E-state index is 12.3. The molecule has 0 radical (unpaired) electrons. The molecule has 4 fully saturated rings. The van der Waals surface area contributed by atoms with Crippen LogP contribution >= 0.6 is 22.6 Å². The maximum Gasteiger partial charge on any atom is 0.244 e. The van der Waals surface area contributed by atoms with Crippen molar-refractivity contribution in [1.82, 2.24) is 9.88 Å². The fraction of sp³-hybridized carbons (Fsp3) is 0.423. The molecule has 4 aliphatic rings. The smallest absolute Gasteiger partial charge is 0.244 e. The summed E-state index contributed by atoms with van der Waals surface area (Å²) >= 11 is 2.31. The highest BCUT2D eigenvalue weighted by molar-refractivity contribution is 14.1. The Morgan fingerprint density at radius 1 is 1.20 bits per heavy atom. The van der Waals surface area contributed by atoms with Crippen LogP contribution in [0.15, 0.2) is 66.9 Å². The van der Waals surface area contributed by atoms with E-state index in [1.54, 1.807) is 6.08 Å². The predicted octanol–water partition coefficient (Wildman–Crippen LogP) is 6.03. The van der Waals surface area contributed by atoms with E-state index in [-0.39, 0.29) is 5.91 Å². The normalized spacial score (nSPS) is 31.9. The van der Waals surface area contributed by atoms with E-state index in [2.05, 4.69) is 75.8 Å². The molecule has 1 N–H and O–H groups in total. The average molecular weight is 512 g/mol. The van der Waals surface area contributed by atoms with Crippen molar-refractivity contribution in [3.8, 4) is 5.69 Å². The van der Waals surface area contributed by atoms with Gasteiger partial charge in [-0.2, -0.15) is 0 Å². The molecule has 1 amide bonds. The summed E-state index contributed by atoms with van der Waals surface area (Å²) in [7, 11) is 0. The SMILES string of the molecule is CC12CC3CC(C1)C(/C=C/C=C/C(=O)NCc1cccn1-c1ccc(I)cc1)(C3)C2. The van der Waals surface area contributed by atoms with Crippen molar-refractivity contribution in [2.75, 3.05) is 0 Å². The number of rotatable bonds is 6. The molecular weight excluding hydrogens is 483 g/mol. The number of carbonyl (C=O) groups excluding carboxylic acids is 1. The van der Waals surface area contributed by atoms with Crippen molar-refractivity contribution in [3.63, 3.8) is 0 Å². The lowest BCUT2D eigenvalue weighted by atomic mass is 9.68. The van der Waals surface area contributed by atoms with Crippen molar-refractivity contribution in [2.24, 2.45) is 22.7 Å². The van der Waals surface area contributed by atoms with E-state index in [1.807, 2.05) is 24.4 Å². The quantitative estimate of drug-likeness (QED) is 0.287. The van der Waals surface area contributed by atoms with Gasteiger partial charge in [0.05, 0.1) is 6.54 Å². The molecule has 6 rings (SSSR count). The third-order valence-corrected chi connectivity index (χ3v) is 8.26. The Bertz CT molecular complexity index is 1000. The summed E-state index contributed by atoms with van der Waals surface area (Å²) in [4.78, 5) is 12.3. The molecule has 30 heavy (non-hydrogen) atoms. The molecule has 1 heterocycles. The number of aromatic nitrogens is 1. The molecule has 1 aromatic heterocycles. The fourth-order valence-electron chi connectivity index (χ4n) is 6.70. The van der Waals surface area contributed by atoms with Crippen LogP contribution in [0.2, 0.25) is 0 Å². The number of allylic oxidation sites excluding steroid dienone is 3. The summed E-state index contributed by atoms with van der Waals surface area (Å²) in [6, 6.07) is 12.4. The molecular formula is C26H29IN2O. The molecule has 4 bridgehead atoms. The first-order valence-electron chi connectivity index (χ1n) is 11.0. The van der Waals surface area contributed by atoms with Crippen LogP contribution in [0.5, 0.6) is 0 Å². The van der Waals surface area contributed by atoms with Crippen LogP contribution in [0, 0.1) is 26.2 Å². The van der Waals surface area contributed by atoms with Crippen LogP contribution in [0.3, 0.4) is 0 Å². The van der Waals surface area contributed by atoms with Gasteiger partial charge in [-0.1, -0.05) is 25.2 Å². The van der Waals surface area contributed by atoms with E-state index < -0.39 is 0 Å². The molecule has 3 nitrogen and oxygen atoms in total. The zero-order chi connectivity index (χ0) is 20.8. The molecule has 156 valence electrons. The first-order valence-corrected chi connectivity index (χ1v) is 12.1. The molecule has 0 saturated heterocycles. The van der Waals surface area contributed by atoms with Gasteiger partial charge in [-0.3, -0.25) is 4.79 Å². The van der Waals surface area contributed by atoms with Gasteiger partial charge in [0.2, 0.25) is 5.91 Å². The topological polar surface area (TPSA) is 34.0 Å². The zero-order valence-corrected chi connectivity index (χ0v) is 19.6. The summed E-state index contributed by atoms with van der Waals surface area (Å²) in [5.74, 6) is 1.76. The van der Waals surface area contributed by atoms with Gasteiger partial charge in [-0.05, 0) is 114 Å². The number of benzene rings is 1. The lowest BCUT2D eigenvalue weighted by molar-refractivity contribution is -0.116. The highest BCUT2D eigenvalue weighted by Gasteiger charge is 2.60. The van der Waals surface area contributed by atoms with Crippen LogP contribution in [0.1, 0.15) is 44.7 Å². The molecule has 1 aromatic carbocycles. The third kappa shape index (κ3) is 3.79. The number of nitrogens with zero attached hydrogens (tertiary/aromatic N) is 1. The number of carbonyl (C=O) groups is 1. The van der Waals surface area contributed by atoms with Crippen LogP contribution in [0.25, 0.3) is 5.69 Å². The van der Waals surface area contributed by atoms with Crippen LogP contribution in [-0.2, 0) is 11.3 Å². The van der Waals surface area contributed by atoms with Crippen molar-refractivity contribution in [1.29, 1.82) is 0 Å². The van der Waals surface area contributed by atoms with Crippen LogP contribution in [0.4, 0.5) is 0 Å². The Balaban J connectivity index is 1.17. The molecule has 4 heteroatoms. The minimum Gasteiger partial charge on any atom is -0.347 e. The summed E-state index contributed by atoms with van der Waals surface area (Å²) in [6.07, 6.45) is 17.1. The van der Waals surface area contributed by atoms with Crippen molar-refractivity contribution in [3.05, 3.63) is 76.2 Å². The Kier molecular flexibility index (Phi) is 5.16. The van der Waals surface area contributed by atoms with E-state index in [9.17, 15) is 4.79 Å². The average Bonchev–Trinajstić information content (AvgIpc) is 3.32. The van der Waals surface area contributed by atoms with Crippen molar-refractivity contribution in [2.45, 2.75) is 45.6 Å². The standard InChI is InChI=1S/C26H29IN2O/c1-25-14-19-13-20(16-25)26(15-19,18-25)11-3-2-6-24(30)28-17-23-5-4-12-29(23)22-9-7-21(27)8-10-22/h2-12,19-20H,13-18H2,1H3,(H,28,30)/b6-2+,11-3+. The predicted molar refractivity (Wildman–Crippen MR) is 129 cm³/mol. The number of hydrogen-bond acceptors (Lipinski definition) is 1. The van der Waals surface area contributed by atoms with Gasteiger partial charge in [0.1, 0.15) is 0 Å². The molecule has 4 aliphatic carbocycles. The molecule has 4 unspecified atom stereocenters. The summed E-state index contributed by atoms with van der Waals surface area (Å²) in [6.45, 7) is 2.99. The lowest BCUT2D eigenvalue weighted by Crippen LogP contribution is -2.26. The third-order valence-electron chi connectivity index (χ3n) is 7.54. The first kappa shape index (κ1) is 20.1. The molecule has 0 spiro atoms. The highest BCUT2D eigenvalue weighted by Crippen LogP contribution is 2.70. The minimum absolute atomic E-state index is 0.0447. The van der Waals surface area contributed by atoms with E-state index in [0.29, 0.717) is 17.4 Å². The lowest BCUT2D eigenvalue weighted by Gasteiger charge is -2.37. The zero-order valence-electron chi connectivity index (χ0n) is 17.5. The molecule has 2 aromatic rings. The van der Waals surface area contributed by atoms with E-state index in [0.717, 1.165) is 23.2 Å². The van der Waals surface area contributed by atoms with E-state index in [1.165, 1.54) is 35.7 Å². The second kappa shape index (κ2) is 7.70. The summed E-state index contributed by atoms with van der Waals surface area (Å²) in [5, 5.41) is 3.02. The van der Waals surface area contributed by atoms with E-state index >= 15 is 0 Å². The summed E-state index contributed by atoms with van der Waals surface area (Å²) < 4.78 is 3.33. The largest absolute Gasteiger partial charge is 0.347 e. The molecule has 4 saturated carbocycles. The van der Waals surface area contributed by atoms with Crippen molar-refractivity contribution >= 4 is 28.5 Å². The number of nitrogens with one attached hydrogen (secondary N) is 1. The second-order valence-electron chi connectivity index (χ2n) is 9.91. The molecule has 4 atom stereocenters. The fourth-order valence-corrected chi connectivity index (χ4v) is 7.06. The van der Waals surface area contributed by atoms with Gasteiger partial charge in [-0.25, -0.2) is 0 Å². The Hall–Kier alpha value is -1.82. The van der Waals surface area contributed by atoms with Gasteiger partial charge < -0.3 is 9.88 Å². The van der Waals surface area contributed by atoms with E-state index in [4.69, 9.17) is 0 Å². The Morgan fingerprint density at radius 3 is 2.83 bits per heavy atom. The molecule has 0 aliphatic heterocycles. The maximum absolute atomic E-state index is 12.3. The first-order chi connectivity index (χ1) is 14.4. The summed E-state index contributed by atoms with van der Waals surface area (Å²) in [5.41, 5.74) is 3.16. The highest BCUT2D eigenvalue weighted by atomic mass is 127. The van der Waals surface area contributed by atoms with Crippen LogP contribution in [-0.4, -0.2) is 10.5 Å². The Labute approximate surface area is 192 Å². The number of halogens is 1. The second-order valence-corrected chi connectivity index (χ2v) is 11.2. The van der Waals surface area contributed by atoms with Crippen LogP contribution < -0.4 is 5.32 Å². The monoisotopic (exact) mass is 512 g/mol. The minimum atomic E-state index is -0.0447. The Morgan fingerprint density at radius 2 is 2.03 bits per heavy atom.